The van der Waals surface area contributed by atoms with Gasteiger partial charge in [-0.3, -0.25) is 0 Å². The lowest BCUT2D eigenvalue weighted by atomic mass is 10.1. The van der Waals surface area contributed by atoms with Gasteiger partial charge in [0.1, 0.15) is 0 Å². The minimum atomic E-state index is -2.62. The van der Waals surface area contributed by atoms with Crippen molar-refractivity contribution >= 4 is 5.97 Å². The van der Waals surface area contributed by atoms with E-state index in [1.807, 2.05) is 0 Å². The highest BCUT2D eigenvalue weighted by molar-refractivity contribution is 5.86. The highest BCUT2D eigenvalue weighted by Crippen LogP contribution is 2.39. The zero-order chi connectivity index (χ0) is 14.0. The van der Waals surface area contributed by atoms with Crippen molar-refractivity contribution < 1.29 is 23.4 Å². The molecule has 1 atom stereocenters. The number of nitrogens with zero attached hydrogens (tertiary/aromatic N) is 3. The van der Waals surface area contributed by atoms with Gasteiger partial charge in [-0.25, -0.2) is 18.3 Å². The first kappa shape index (κ1) is 13.9. The van der Waals surface area contributed by atoms with E-state index < -0.39 is 11.9 Å². The Morgan fingerprint density at radius 2 is 2.37 bits per heavy atom. The van der Waals surface area contributed by atoms with Crippen molar-refractivity contribution in [3.8, 4) is 0 Å². The number of hydrogen-bond acceptors (Lipinski definition) is 4. The summed E-state index contributed by atoms with van der Waals surface area (Å²) >= 11 is 0. The van der Waals surface area contributed by atoms with Crippen molar-refractivity contribution in [3.05, 3.63) is 11.4 Å². The first-order valence-corrected chi connectivity index (χ1v) is 5.95. The number of hydrogen-bond donors (Lipinski definition) is 1. The number of aromatic nitrogens is 3. The summed E-state index contributed by atoms with van der Waals surface area (Å²) in [7, 11) is 1.42. The molecule has 0 amide bonds. The third kappa shape index (κ3) is 3.06. The van der Waals surface area contributed by atoms with Gasteiger partial charge in [0.25, 0.3) is 0 Å². The second-order valence-corrected chi connectivity index (χ2v) is 4.77. The molecule has 1 N–H and O–H groups in total. The van der Waals surface area contributed by atoms with Crippen molar-refractivity contribution in [2.24, 2.45) is 5.92 Å². The number of aromatic carboxylic acids is 1. The molecule has 8 heteroatoms. The molecule has 2 rings (SSSR count). The number of carboxylic acids is 1. The topological polar surface area (TPSA) is 77.2 Å². The normalized spacial score (nSPS) is 21.7. The fourth-order valence-electron chi connectivity index (χ4n) is 2.37. The zero-order valence-electron chi connectivity index (χ0n) is 10.5. The van der Waals surface area contributed by atoms with Gasteiger partial charge in [0.15, 0.2) is 5.69 Å². The molecule has 1 aromatic rings. The number of halogens is 2. The van der Waals surface area contributed by atoms with E-state index in [0.717, 1.165) is 0 Å². The number of carbonyl (C=O) groups is 1. The van der Waals surface area contributed by atoms with E-state index in [-0.39, 0.29) is 37.6 Å². The Morgan fingerprint density at radius 1 is 1.63 bits per heavy atom. The second-order valence-electron chi connectivity index (χ2n) is 4.77. The van der Waals surface area contributed by atoms with Gasteiger partial charge in [-0.2, -0.15) is 0 Å². The van der Waals surface area contributed by atoms with Crippen LogP contribution in [0.15, 0.2) is 0 Å². The third-order valence-corrected chi connectivity index (χ3v) is 3.26. The highest BCUT2D eigenvalue weighted by atomic mass is 19.3. The molecule has 19 heavy (non-hydrogen) atoms. The first-order chi connectivity index (χ1) is 8.93. The number of methoxy groups -OCH3 is 1. The first-order valence-electron chi connectivity index (χ1n) is 5.95. The van der Waals surface area contributed by atoms with Crippen LogP contribution in [-0.4, -0.2) is 39.1 Å². The van der Waals surface area contributed by atoms with E-state index >= 15 is 0 Å². The molecule has 1 saturated carbocycles. The van der Waals surface area contributed by atoms with Crippen molar-refractivity contribution in [2.75, 3.05) is 7.11 Å². The number of alkyl halides is 2. The van der Waals surface area contributed by atoms with Crippen LogP contribution in [0.5, 0.6) is 0 Å². The third-order valence-electron chi connectivity index (χ3n) is 3.26. The zero-order valence-corrected chi connectivity index (χ0v) is 10.5. The Labute approximate surface area is 108 Å². The van der Waals surface area contributed by atoms with Crippen LogP contribution >= 0.6 is 0 Å². The van der Waals surface area contributed by atoms with Gasteiger partial charge in [-0.05, 0) is 12.3 Å². The van der Waals surface area contributed by atoms with Gasteiger partial charge in [-0.1, -0.05) is 5.21 Å². The lowest BCUT2D eigenvalue weighted by molar-refractivity contribution is 0.00409. The van der Waals surface area contributed by atoms with E-state index in [1.165, 1.54) is 11.8 Å². The standard InChI is InChI=1S/C11H15F2N3O3/c1-19-6-8-9(10(17)18)14-15-16(8)5-7-2-3-11(12,13)4-7/h7H,2-6H2,1H3,(H,17,18). The largest absolute Gasteiger partial charge is 0.476 e. The van der Waals surface area contributed by atoms with Gasteiger partial charge in [0.2, 0.25) is 5.92 Å². The van der Waals surface area contributed by atoms with Gasteiger partial charge in [-0.15, -0.1) is 5.10 Å². The maximum atomic E-state index is 13.1. The summed E-state index contributed by atoms with van der Waals surface area (Å²) in [6.45, 7) is 0.284. The smallest absolute Gasteiger partial charge is 0.358 e. The maximum absolute atomic E-state index is 13.1. The van der Waals surface area contributed by atoms with E-state index in [2.05, 4.69) is 10.3 Å². The van der Waals surface area contributed by atoms with Crippen LogP contribution in [0.3, 0.4) is 0 Å². The van der Waals surface area contributed by atoms with Crippen molar-refractivity contribution in [2.45, 2.75) is 38.3 Å². The SMILES string of the molecule is COCc1c(C(=O)O)nnn1CC1CCC(F)(F)C1. The van der Waals surface area contributed by atoms with Crippen LogP contribution < -0.4 is 0 Å². The number of rotatable bonds is 5. The van der Waals surface area contributed by atoms with E-state index in [1.54, 1.807) is 0 Å². The molecule has 1 aliphatic rings. The predicted octanol–water partition coefficient (Wildman–Crippen LogP) is 1.56. The van der Waals surface area contributed by atoms with Crippen LogP contribution in [0, 0.1) is 5.92 Å². The highest BCUT2D eigenvalue weighted by Gasteiger charge is 2.39. The van der Waals surface area contributed by atoms with Crippen LogP contribution in [0.2, 0.25) is 0 Å². The number of ether oxygens (including phenoxy) is 1. The fraction of sp³-hybridized carbons (Fsp3) is 0.727. The molecule has 1 unspecified atom stereocenters. The predicted molar refractivity (Wildman–Crippen MR) is 60.0 cm³/mol. The molecule has 0 radical (unpaired) electrons. The maximum Gasteiger partial charge on any atom is 0.358 e. The monoisotopic (exact) mass is 275 g/mol. The lowest BCUT2D eigenvalue weighted by Crippen LogP contribution is -2.16. The van der Waals surface area contributed by atoms with Gasteiger partial charge in [0.05, 0.1) is 12.3 Å². The van der Waals surface area contributed by atoms with Crippen LogP contribution in [0.4, 0.5) is 8.78 Å². The molecule has 0 saturated heterocycles. The summed E-state index contributed by atoms with van der Waals surface area (Å²) in [5.74, 6) is -4.04. The Hall–Kier alpha value is -1.57. The Bertz CT molecular complexity index is 476. The van der Waals surface area contributed by atoms with Crippen LogP contribution in [0.1, 0.15) is 35.4 Å². The second kappa shape index (κ2) is 5.20. The molecule has 1 fully saturated rings. The van der Waals surface area contributed by atoms with E-state index in [9.17, 15) is 13.6 Å². The summed E-state index contributed by atoms with van der Waals surface area (Å²) in [6.07, 6.45) is 0.0845. The Morgan fingerprint density at radius 3 is 2.89 bits per heavy atom. The molecule has 6 nitrogen and oxygen atoms in total. The molecule has 0 aromatic carbocycles. The van der Waals surface area contributed by atoms with Crippen molar-refractivity contribution in [3.63, 3.8) is 0 Å². The molecule has 0 bridgehead atoms. The Balaban J connectivity index is 2.14. The number of carboxylic acid groups (broad SMARTS) is 1. The van der Waals surface area contributed by atoms with E-state index in [4.69, 9.17) is 9.84 Å². The average Bonchev–Trinajstić information content (AvgIpc) is 2.85. The quantitative estimate of drug-likeness (QED) is 0.882. The summed E-state index contributed by atoms with van der Waals surface area (Å²) in [4.78, 5) is 11.0. The molecule has 106 valence electrons. The van der Waals surface area contributed by atoms with Gasteiger partial charge >= 0.3 is 5.97 Å². The fourth-order valence-corrected chi connectivity index (χ4v) is 2.37. The molecular formula is C11H15F2N3O3. The summed E-state index contributed by atoms with van der Waals surface area (Å²) in [6, 6.07) is 0. The average molecular weight is 275 g/mol. The summed E-state index contributed by atoms with van der Waals surface area (Å²) in [5.41, 5.74) is 0.122. The molecule has 1 heterocycles. The van der Waals surface area contributed by atoms with Crippen molar-refractivity contribution in [1.29, 1.82) is 0 Å². The van der Waals surface area contributed by atoms with Crippen LogP contribution in [0.25, 0.3) is 0 Å². The van der Waals surface area contributed by atoms with Gasteiger partial charge in [0, 0.05) is 26.5 Å². The lowest BCUT2D eigenvalue weighted by Gasteiger charge is -2.12. The van der Waals surface area contributed by atoms with Gasteiger partial charge < -0.3 is 9.84 Å². The molecule has 1 aromatic heterocycles. The van der Waals surface area contributed by atoms with E-state index in [0.29, 0.717) is 12.1 Å². The molecular weight excluding hydrogens is 260 g/mol. The minimum absolute atomic E-state index is 0.0394. The van der Waals surface area contributed by atoms with Crippen molar-refractivity contribution in [1.82, 2.24) is 15.0 Å². The summed E-state index contributed by atoms with van der Waals surface area (Å²) in [5, 5.41) is 16.2. The summed E-state index contributed by atoms with van der Waals surface area (Å²) < 4.78 is 32.5. The molecule has 0 spiro atoms. The minimum Gasteiger partial charge on any atom is -0.476 e. The molecule has 0 aliphatic heterocycles. The Kier molecular flexibility index (Phi) is 3.79. The van der Waals surface area contributed by atoms with Crippen LogP contribution in [-0.2, 0) is 17.9 Å². The molecule has 1 aliphatic carbocycles.